The summed E-state index contributed by atoms with van der Waals surface area (Å²) >= 11 is 0. The molecule has 0 amide bonds. The van der Waals surface area contributed by atoms with Crippen molar-refractivity contribution < 1.29 is 13.9 Å². The average molecular weight is 210 g/mol. The molecule has 1 aromatic carbocycles. The molecule has 0 aliphatic carbocycles. The Balaban J connectivity index is 2.43. The number of carbonyl (C=O) groups excluding carboxylic acids is 1. The van der Waals surface area contributed by atoms with Gasteiger partial charge in [-0.15, -0.1) is 0 Å². The molecule has 1 rings (SSSR count). The van der Waals surface area contributed by atoms with E-state index in [0.717, 1.165) is 5.56 Å². The van der Waals surface area contributed by atoms with Gasteiger partial charge in [-0.2, -0.15) is 0 Å². The van der Waals surface area contributed by atoms with E-state index in [1.807, 2.05) is 6.92 Å². The summed E-state index contributed by atoms with van der Waals surface area (Å²) < 4.78 is 18.4. The molecule has 2 nitrogen and oxygen atoms in total. The topological polar surface area (TPSA) is 26.3 Å². The first-order chi connectivity index (χ1) is 7.09. The maximum atomic E-state index is 13.2. The Morgan fingerprint density at radius 3 is 2.87 bits per heavy atom. The van der Waals surface area contributed by atoms with E-state index in [2.05, 4.69) is 0 Å². The van der Waals surface area contributed by atoms with E-state index in [1.165, 1.54) is 13.0 Å². The summed E-state index contributed by atoms with van der Waals surface area (Å²) in [6.07, 6.45) is 1.11. The highest BCUT2D eigenvalue weighted by Crippen LogP contribution is 2.18. The van der Waals surface area contributed by atoms with Crippen LogP contribution in [0.4, 0.5) is 4.39 Å². The van der Waals surface area contributed by atoms with E-state index >= 15 is 0 Å². The van der Waals surface area contributed by atoms with Crippen molar-refractivity contribution in [2.75, 3.05) is 6.61 Å². The van der Waals surface area contributed by atoms with Gasteiger partial charge in [-0.1, -0.05) is 6.07 Å². The third-order valence-corrected chi connectivity index (χ3v) is 2.02. The van der Waals surface area contributed by atoms with E-state index in [4.69, 9.17) is 4.74 Å². The molecule has 0 aliphatic heterocycles. The molecule has 0 saturated heterocycles. The maximum Gasteiger partial charge on any atom is 0.165 e. The molecule has 3 heteroatoms. The summed E-state index contributed by atoms with van der Waals surface area (Å²) in [6, 6.07) is 4.73. The van der Waals surface area contributed by atoms with Gasteiger partial charge in [0.25, 0.3) is 0 Å². The van der Waals surface area contributed by atoms with E-state index in [9.17, 15) is 9.18 Å². The third kappa shape index (κ3) is 4.11. The normalized spacial score (nSPS) is 10.1. The number of Topliss-reactive ketones (excluding diaryl/α,β-unsaturated/α-hetero) is 1. The van der Waals surface area contributed by atoms with E-state index in [0.29, 0.717) is 19.4 Å². The highest BCUT2D eigenvalue weighted by atomic mass is 19.1. The first-order valence-corrected chi connectivity index (χ1v) is 4.98. The number of ether oxygens (including phenoxy) is 1. The van der Waals surface area contributed by atoms with Crippen LogP contribution in [0.15, 0.2) is 18.2 Å². The molecule has 0 radical (unpaired) electrons. The largest absolute Gasteiger partial charge is 0.490 e. The van der Waals surface area contributed by atoms with Crippen molar-refractivity contribution in [1.29, 1.82) is 0 Å². The Morgan fingerprint density at radius 1 is 1.47 bits per heavy atom. The molecule has 0 saturated carbocycles. The molecule has 0 heterocycles. The Bertz CT molecular complexity index is 347. The molecular weight excluding hydrogens is 195 g/mol. The van der Waals surface area contributed by atoms with Gasteiger partial charge < -0.3 is 9.53 Å². The minimum Gasteiger partial charge on any atom is -0.490 e. The van der Waals surface area contributed by atoms with Crippen LogP contribution in [0.5, 0.6) is 5.75 Å². The SMILES string of the molecule is CC(=O)CCCOc1cc(C)ccc1F. The predicted octanol–water partition coefficient (Wildman–Crippen LogP) is 2.88. The standard InChI is InChI=1S/C12H15FO2/c1-9-5-6-11(13)12(8-9)15-7-3-4-10(2)14/h5-6,8H,3-4,7H2,1-2H3. The Labute approximate surface area is 89.1 Å². The van der Waals surface area contributed by atoms with Gasteiger partial charge in [-0.3, -0.25) is 0 Å². The number of benzene rings is 1. The minimum atomic E-state index is -0.358. The van der Waals surface area contributed by atoms with Crippen LogP contribution in [0.2, 0.25) is 0 Å². The van der Waals surface area contributed by atoms with E-state index in [1.54, 1.807) is 12.1 Å². The van der Waals surface area contributed by atoms with E-state index in [-0.39, 0.29) is 17.3 Å². The zero-order valence-corrected chi connectivity index (χ0v) is 9.05. The van der Waals surface area contributed by atoms with Gasteiger partial charge in [0.2, 0.25) is 0 Å². The minimum absolute atomic E-state index is 0.128. The fraction of sp³-hybridized carbons (Fsp3) is 0.417. The summed E-state index contributed by atoms with van der Waals surface area (Å²) in [5.74, 6) is 0.0327. The Hall–Kier alpha value is -1.38. The van der Waals surface area contributed by atoms with Crippen molar-refractivity contribution in [2.45, 2.75) is 26.7 Å². The van der Waals surface area contributed by atoms with Crippen LogP contribution < -0.4 is 4.74 Å². The second kappa shape index (κ2) is 5.49. The monoisotopic (exact) mass is 210 g/mol. The molecule has 0 unspecified atom stereocenters. The van der Waals surface area contributed by atoms with Gasteiger partial charge in [-0.05, 0) is 38.0 Å². The molecule has 1 aromatic rings. The van der Waals surface area contributed by atoms with Crippen LogP contribution in [-0.4, -0.2) is 12.4 Å². The number of carbonyl (C=O) groups is 1. The molecule has 0 bridgehead atoms. The van der Waals surface area contributed by atoms with Crippen molar-refractivity contribution in [1.82, 2.24) is 0 Å². The predicted molar refractivity (Wildman–Crippen MR) is 56.5 cm³/mol. The van der Waals surface area contributed by atoms with Crippen molar-refractivity contribution >= 4 is 5.78 Å². The fourth-order valence-electron chi connectivity index (χ4n) is 1.22. The van der Waals surface area contributed by atoms with Gasteiger partial charge in [0, 0.05) is 6.42 Å². The van der Waals surface area contributed by atoms with Crippen LogP contribution in [0, 0.1) is 12.7 Å². The lowest BCUT2D eigenvalue weighted by molar-refractivity contribution is -0.117. The highest BCUT2D eigenvalue weighted by molar-refractivity contribution is 5.75. The summed E-state index contributed by atoms with van der Waals surface area (Å²) in [5.41, 5.74) is 0.956. The first-order valence-electron chi connectivity index (χ1n) is 4.98. The van der Waals surface area contributed by atoms with Gasteiger partial charge >= 0.3 is 0 Å². The molecule has 0 aromatic heterocycles. The average Bonchev–Trinajstić information content (AvgIpc) is 2.17. The second-order valence-corrected chi connectivity index (χ2v) is 3.59. The number of halogens is 1. The third-order valence-electron chi connectivity index (χ3n) is 2.02. The van der Waals surface area contributed by atoms with Gasteiger partial charge in [-0.25, -0.2) is 4.39 Å². The molecule has 15 heavy (non-hydrogen) atoms. The molecule has 82 valence electrons. The number of hydrogen-bond donors (Lipinski definition) is 0. The smallest absolute Gasteiger partial charge is 0.165 e. The summed E-state index contributed by atoms with van der Waals surface area (Å²) in [5, 5.41) is 0. The summed E-state index contributed by atoms with van der Waals surface area (Å²) in [7, 11) is 0. The van der Waals surface area contributed by atoms with Crippen LogP contribution in [0.25, 0.3) is 0 Å². The maximum absolute atomic E-state index is 13.2. The molecule has 0 atom stereocenters. The highest BCUT2D eigenvalue weighted by Gasteiger charge is 2.03. The molecule has 0 spiro atoms. The van der Waals surface area contributed by atoms with Crippen LogP contribution in [0.3, 0.4) is 0 Å². The lowest BCUT2D eigenvalue weighted by Gasteiger charge is -2.07. The summed E-state index contributed by atoms with van der Waals surface area (Å²) in [4.78, 5) is 10.6. The summed E-state index contributed by atoms with van der Waals surface area (Å²) in [6.45, 7) is 3.79. The zero-order valence-electron chi connectivity index (χ0n) is 9.05. The Morgan fingerprint density at radius 2 is 2.20 bits per heavy atom. The van der Waals surface area contributed by atoms with E-state index < -0.39 is 0 Å². The number of hydrogen-bond acceptors (Lipinski definition) is 2. The lowest BCUT2D eigenvalue weighted by atomic mass is 10.2. The van der Waals surface area contributed by atoms with Crippen LogP contribution in [-0.2, 0) is 4.79 Å². The molecule has 0 N–H and O–H groups in total. The van der Waals surface area contributed by atoms with Gasteiger partial charge in [0.05, 0.1) is 6.61 Å². The number of rotatable bonds is 5. The van der Waals surface area contributed by atoms with Gasteiger partial charge in [0.15, 0.2) is 11.6 Å². The van der Waals surface area contributed by atoms with Crippen molar-refractivity contribution in [3.05, 3.63) is 29.6 Å². The lowest BCUT2D eigenvalue weighted by Crippen LogP contribution is -2.02. The molecular formula is C12H15FO2. The molecule has 0 fully saturated rings. The van der Waals surface area contributed by atoms with Crippen LogP contribution >= 0.6 is 0 Å². The second-order valence-electron chi connectivity index (χ2n) is 3.59. The van der Waals surface area contributed by atoms with Crippen molar-refractivity contribution in [3.8, 4) is 5.75 Å². The zero-order chi connectivity index (χ0) is 11.3. The van der Waals surface area contributed by atoms with Gasteiger partial charge in [0.1, 0.15) is 5.78 Å². The molecule has 0 aliphatic rings. The first kappa shape index (κ1) is 11.7. The van der Waals surface area contributed by atoms with Crippen molar-refractivity contribution in [2.24, 2.45) is 0 Å². The number of ketones is 1. The fourth-order valence-corrected chi connectivity index (χ4v) is 1.22. The quantitative estimate of drug-likeness (QED) is 0.698. The number of aryl methyl sites for hydroxylation is 1. The van der Waals surface area contributed by atoms with Crippen LogP contribution in [0.1, 0.15) is 25.3 Å². The van der Waals surface area contributed by atoms with Crippen molar-refractivity contribution in [3.63, 3.8) is 0 Å². The Kier molecular flexibility index (Phi) is 4.28.